The lowest BCUT2D eigenvalue weighted by atomic mass is 9.96. The van der Waals surface area contributed by atoms with Gasteiger partial charge in [0.2, 0.25) is 0 Å². The SMILES string of the molecule is Cc1ccccc1C(C)C(O)O. The van der Waals surface area contributed by atoms with Crippen LogP contribution in [0.4, 0.5) is 0 Å². The van der Waals surface area contributed by atoms with Gasteiger partial charge in [0.15, 0.2) is 6.29 Å². The van der Waals surface area contributed by atoms with Gasteiger partial charge < -0.3 is 10.2 Å². The van der Waals surface area contributed by atoms with Crippen LogP contribution in [0.2, 0.25) is 0 Å². The van der Waals surface area contributed by atoms with Crippen LogP contribution in [-0.4, -0.2) is 16.5 Å². The lowest BCUT2D eigenvalue weighted by molar-refractivity contribution is -0.0562. The molecular formula is C10H14O2. The molecule has 66 valence electrons. The topological polar surface area (TPSA) is 40.5 Å². The molecule has 0 saturated heterocycles. The third kappa shape index (κ3) is 1.84. The molecule has 1 atom stereocenters. The van der Waals surface area contributed by atoms with Gasteiger partial charge in [-0.2, -0.15) is 0 Å². The predicted molar refractivity (Wildman–Crippen MR) is 47.8 cm³/mol. The monoisotopic (exact) mass is 166 g/mol. The van der Waals surface area contributed by atoms with Crippen LogP contribution in [0.15, 0.2) is 24.3 Å². The molecule has 0 aromatic heterocycles. The van der Waals surface area contributed by atoms with Crippen molar-refractivity contribution in [3.05, 3.63) is 35.4 Å². The van der Waals surface area contributed by atoms with Gasteiger partial charge in [-0.25, -0.2) is 0 Å². The van der Waals surface area contributed by atoms with Crippen molar-refractivity contribution in [1.29, 1.82) is 0 Å². The summed E-state index contributed by atoms with van der Waals surface area (Å²) in [5, 5.41) is 17.9. The summed E-state index contributed by atoms with van der Waals surface area (Å²) in [5.74, 6) is -0.216. The lowest BCUT2D eigenvalue weighted by Crippen LogP contribution is -2.15. The first-order chi connectivity index (χ1) is 5.63. The highest BCUT2D eigenvalue weighted by atomic mass is 16.5. The lowest BCUT2D eigenvalue weighted by Gasteiger charge is -2.15. The van der Waals surface area contributed by atoms with E-state index in [-0.39, 0.29) is 5.92 Å². The van der Waals surface area contributed by atoms with Crippen molar-refractivity contribution in [1.82, 2.24) is 0 Å². The van der Waals surface area contributed by atoms with E-state index in [9.17, 15) is 0 Å². The van der Waals surface area contributed by atoms with E-state index in [0.717, 1.165) is 11.1 Å². The molecule has 2 N–H and O–H groups in total. The number of rotatable bonds is 2. The fourth-order valence-corrected chi connectivity index (χ4v) is 1.26. The summed E-state index contributed by atoms with van der Waals surface area (Å²) in [6.45, 7) is 3.77. The average Bonchev–Trinajstić information content (AvgIpc) is 2.04. The third-order valence-electron chi connectivity index (χ3n) is 2.13. The molecule has 0 heterocycles. The van der Waals surface area contributed by atoms with Crippen LogP contribution < -0.4 is 0 Å². The molecule has 0 bridgehead atoms. The maximum atomic E-state index is 8.95. The van der Waals surface area contributed by atoms with Gasteiger partial charge in [-0.1, -0.05) is 31.2 Å². The number of benzene rings is 1. The molecule has 0 amide bonds. The zero-order valence-corrected chi connectivity index (χ0v) is 7.36. The number of aliphatic hydroxyl groups is 2. The van der Waals surface area contributed by atoms with Crippen molar-refractivity contribution in [2.75, 3.05) is 0 Å². The van der Waals surface area contributed by atoms with E-state index >= 15 is 0 Å². The van der Waals surface area contributed by atoms with Gasteiger partial charge in [0, 0.05) is 5.92 Å². The molecular weight excluding hydrogens is 152 g/mol. The number of hydrogen-bond donors (Lipinski definition) is 2. The Morgan fingerprint density at radius 3 is 2.25 bits per heavy atom. The van der Waals surface area contributed by atoms with E-state index in [1.54, 1.807) is 6.92 Å². The molecule has 0 fully saturated rings. The van der Waals surface area contributed by atoms with Crippen molar-refractivity contribution in [2.24, 2.45) is 0 Å². The van der Waals surface area contributed by atoms with E-state index < -0.39 is 6.29 Å². The fraction of sp³-hybridized carbons (Fsp3) is 0.400. The second-order valence-electron chi connectivity index (χ2n) is 3.06. The summed E-state index contributed by atoms with van der Waals surface area (Å²) >= 11 is 0. The average molecular weight is 166 g/mol. The summed E-state index contributed by atoms with van der Waals surface area (Å²) in [6.07, 6.45) is -1.27. The minimum absolute atomic E-state index is 0.216. The molecule has 0 saturated carbocycles. The Bertz CT molecular complexity index is 256. The molecule has 2 heteroatoms. The van der Waals surface area contributed by atoms with Crippen LogP contribution in [0.1, 0.15) is 24.0 Å². The Morgan fingerprint density at radius 2 is 1.75 bits per heavy atom. The van der Waals surface area contributed by atoms with Crippen molar-refractivity contribution in [3.8, 4) is 0 Å². The molecule has 0 spiro atoms. The molecule has 12 heavy (non-hydrogen) atoms. The van der Waals surface area contributed by atoms with E-state index in [0.29, 0.717) is 0 Å². The molecule has 2 nitrogen and oxygen atoms in total. The van der Waals surface area contributed by atoms with Crippen LogP contribution >= 0.6 is 0 Å². The Hall–Kier alpha value is -0.860. The third-order valence-corrected chi connectivity index (χ3v) is 2.13. The van der Waals surface area contributed by atoms with E-state index in [1.165, 1.54) is 0 Å². The summed E-state index contributed by atoms with van der Waals surface area (Å²) in [4.78, 5) is 0. The highest BCUT2D eigenvalue weighted by Gasteiger charge is 2.13. The molecule has 0 aliphatic carbocycles. The fourth-order valence-electron chi connectivity index (χ4n) is 1.26. The van der Waals surface area contributed by atoms with E-state index in [4.69, 9.17) is 10.2 Å². The second kappa shape index (κ2) is 3.70. The molecule has 1 aromatic carbocycles. The number of aryl methyl sites for hydroxylation is 1. The van der Waals surface area contributed by atoms with Crippen molar-refractivity contribution in [2.45, 2.75) is 26.1 Å². The van der Waals surface area contributed by atoms with Crippen LogP contribution in [0.3, 0.4) is 0 Å². The quantitative estimate of drug-likeness (QED) is 0.652. The summed E-state index contributed by atoms with van der Waals surface area (Å²) in [5.41, 5.74) is 2.09. The van der Waals surface area contributed by atoms with Gasteiger partial charge in [0.1, 0.15) is 0 Å². The van der Waals surface area contributed by atoms with E-state index in [2.05, 4.69) is 0 Å². The highest BCUT2D eigenvalue weighted by molar-refractivity contribution is 5.28. The summed E-state index contributed by atoms with van der Waals surface area (Å²) in [6, 6.07) is 7.73. The number of hydrogen-bond acceptors (Lipinski definition) is 2. The van der Waals surface area contributed by atoms with Crippen molar-refractivity contribution < 1.29 is 10.2 Å². The normalized spacial score (nSPS) is 13.4. The zero-order valence-electron chi connectivity index (χ0n) is 7.36. The molecule has 0 radical (unpaired) electrons. The Morgan fingerprint density at radius 1 is 1.17 bits per heavy atom. The molecule has 0 aliphatic heterocycles. The van der Waals surface area contributed by atoms with Crippen LogP contribution in [0.25, 0.3) is 0 Å². The zero-order chi connectivity index (χ0) is 9.14. The second-order valence-corrected chi connectivity index (χ2v) is 3.06. The van der Waals surface area contributed by atoms with Crippen molar-refractivity contribution in [3.63, 3.8) is 0 Å². The molecule has 1 rings (SSSR count). The molecule has 1 aromatic rings. The first-order valence-electron chi connectivity index (χ1n) is 4.04. The smallest absolute Gasteiger partial charge is 0.158 e. The van der Waals surface area contributed by atoms with Crippen molar-refractivity contribution >= 4 is 0 Å². The number of aliphatic hydroxyl groups excluding tert-OH is 1. The van der Waals surface area contributed by atoms with Gasteiger partial charge >= 0.3 is 0 Å². The Kier molecular flexibility index (Phi) is 2.84. The molecule has 0 aliphatic rings. The standard InChI is InChI=1S/C10H14O2/c1-7-5-3-4-6-9(7)8(2)10(11)12/h3-6,8,10-12H,1-2H3. The first-order valence-corrected chi connectivity index (χ1v) is 4.04. The maximum absolute atomic E-state index is 8.95. The van der Waals surface area contributed by atoms with Crippen LogP contribution in [0, 0.1) is 6.92 Å². The van der Waals surface area contributed by atoms with Crippen LogP contribution in [0.5, 0.6) is 0 Å². The van der Waals surface area contributed by atoms with Gasteiger partial charge in [-0.3, -0.25) is 0 Å². The van der Waals surface area contributed by atoms with E-state index in [1.807, 2.05) is 31.2 Å². The molecule has 1 unspecified atom stereocenters. The largest absolute Gasteiger partial charge is 0.368 e. The Labute approximate surface area is 72.5 Å². The van der Waals surface area contributed by atoms with Gasteiger partial charge in [0.25, 0.3) is 0 Å². The highest BCUT2D eigenvalue weighted by Crippen LogP contribution is 2.20. The van der Waals surface area contributed by atoms with Gasteiger partial charge in [-0.15, -0.1) is 0 Å². The summed E-state index contributed by atoms with van der Waals surface area (Å²) < 4.78 is 0. The minimum atomic E-state index is -1.27. The minimum Gasteiger partial charge on any atom is -0.368 e. The maximum Gasteiger partial charge on any atom is 0.158 e. The van der Waals surface area contributed by atoms with Gasteiger partial charge in [-0.05, 0) is 18.1 Å². The predicted octanol–water partition coefficient (Wildman–Crippen LogP) is 1.41. The van der Waals surface area contributed by atoms with Gasteiger partial charge in [0.05, 0.1) is 0 Å². The summed E-state index contributed by atoms with van der Waals surface area (Å²) in [7, 11) is 0. The Balaban J connectivity index is 2.94. The first kappa shape index (κ1) is 9.23. The van der Waals surface area contributed by atoms with Crippen LogP contribution in [-0.2, 0) is 0 Å².